The van der Waals surface area contributed by atoms with Gasteiger partial charge in [-0.05, 0) is 50.6 Å². The maximum Gasteiger partial charge on any atom is 0.279 e. The molecule has 8 nitrogen and oxygen atoms in total. The van der Waals surface area contributed by atoms with Crippen molar-refractivity contribution < 1.29 is 17.9 Å². The van der Waals surface area contributed by atoms with Crippen LogP contribution in [0.3, 0.4) is 0 Å². The molecule has 0 fully saturated rings. The molecule has 3 rings (SSSR count). The minimum Gasteiger partial charge on any atom is -0.504 e. The molecule has 0 aliphatic carbocycles. The van der Waals surface area contributed by atoms with Crippen molar-refractivity contribution in [2.75, 3.05) is 18.4 Å². The monoisotopic (exact) mass is 540 g/mol. The minimum absolute atomic E-state index is 0.115. The second kappa shape index (κ2) is 10.9. The summed E-state index contributed by atoms with van der Waals surface area (Å²) >= 11 is 1.50. The van der Waals surface area contributed by atoms with Crippen molar-refractivity contribution in [3.63, 3.8) is 0 Å². The summed E-state index contributed by atoms with van der Waals surface area (Å²) in [5.41, 5.74) is 1.85. The van der Waals surface area contributed by atoms with E-state index in [1.54, 1.807) is 0 Å². The third-order valence-electron chi connectivity index (χ3n) is 5.88. The van der Waals surface area contributed by atoms with Crippen LogP contribution in [0.25, 0.3) is 0 Å². The topological polar surface area (TPSA) is 107 Å². The molecule has 3 heterocycles. The molecule has 2 aromatic rings. The quantitative estimate of drug-likeness (QED) is 0.352. The lowest BCUT2D eigenvalue weighted by atomic mass is 10.0. The van der Waals surface area contributed by atoms with Crippen molar-refractivity contribution in [1.29, 1.82) is 0 Å². The van der Waals surface area contributed by atoms with Gasteiger partial charge in [0.15, 0.2) is 11.6 Å². The van der Waals surface area contributed by atoms with Crippen molar-refractivity contribution >= 4 is 48.9 Å². The smallest absolute Gasteiger partial charge is 0.279 e. The highest BCUT2D eigenvalue weighted by molar-refractivity contribution is 8.14. The third kappa shape index (κ3) is 5.84. The summed E-state index contributed by atoms with van der Waals surface area (Å²) < 4.78 is 37.9. The molecule has 0 saturated heterocycles. The first kappa shape index (κ1) is 27.5. The summed E-state index contributed by atoms with van der Waals surface area (Å²) in [6.07, 6.45) is 0. The first-order chi connectivity index (χ1) is 16.4. The molecule has 0 radical (unpaired) electrons. The number of aromatic hydroxyl groups is 1. The van der Waals surface area contributed by atoms with Gasteiger partial charge < -0.3 is 20.2 Å². The zero-order valence-corrected chi connectivity index (χ0v) is 24.0. The number of sulfonamides is 1. The average molecular weight is 541 g/mol. The maximum atomic E-state index is 12.4. The van der Waals surface area contributed by atoms with Crippen LogP contribution in [0.5, 0.6) is 5.75 Å². The summed E-state index contributed by atoms with van der Waals surface area (Å²) in [5, 5.41) is 20.8. The van der Waals surface area contributed by atoms with E-state index in [2.05, 4.69) is 38.6 Å². The number of hydrogen-bond acceptors (Lipinski definition) is 8. The van der Waals surface area contributed by atoms with Crippen LogP contribution in [0.15, 0.2) is 30.2 Å². The molecule has 1 aliphatic heterocycles. The normalized spacial score (nSPS) is 17.1. The Bertz CT molecular complexity index is 1260. The number of amidine groups is 1. The Labute approximate surface area is 215 Å². The number of anilines is 1. The molecule has 3 N–H and O–H groups in total. The van der Waals surface area contributed by atoms with Gasteiger partial charge in [0.25, 0.3) is 10.0 Å². The largest absolute Gasteiger partial charge is 0.504 e. The van der Waals surface area contributed by atoms with Gasteiger partial charge in [0.2, 0.25) is 0 Å². The SMILES string of the molecule is C/C=S(\c1sc(C)c(NC2=NS(=O)(=O)C=C2N[C@@H](c2cc(C)c(C)o2)C(C)C)c1O)N(CC)CC. The Hall–Kier alpha value is -2.08. The van der Waals surface area contributed by atoms with Gasteiger partial charge in [-0.25, -0.2) is 0 Å². The first-order valence-electron chi connectivity index (χ1n) is 11.7. The summed E-state index contributed by atoms with van der Waals surface area (Å²) in [4.78, 5) is 0.855. The number of hydrogen-bond donors (Lipinski definition) is 3. The summed E-state index contributed by atoms with van der Waals surface area (Å²) in [6, 6.07) is 1.71. The van der Waals surface area contributed by atoms with Crippen LogP contribution in [0, 0.1) is 26.7 Å². The predicted octanol–water partition coefficient (Wildman–Crippen LogP) is 5.66. The molecule has 194 valence electrons. The molecule has 2 atom stereocenters. The molecular weight excluding hydrogens is 504 g/mol. The Balaban J connectivity index is 1.95. The van der Waals surface area contributed by atoms with Crippen LogP contribution in [0.1, 0.15) is 62.6 Å². The van der Waals surface area contributed by atoms with Crippen LogP contribution in [-0.4, -0.2) is 42.1 Å². The standard InChI is InChI=1S/C24H36N4O4S3/c1-9-28(10-2)34(11-3)24-22(29)21(17(8)33-24)26-23-18(13-35(30,31)27-23)25-20(14(4)5)19-12-15(6)16(7)32-19/h11-14,20,25,29H,9-10H2,1-8H3,(H,26,27)/t20-,34?/m1/s1. The first-order valence-corrected chi connectivity index (χ1v) is 15.3. The molecule has 0 bridgehead atoms. The molecule has 0 saturated carbocycles. The molecule has 11 heteroatoms. The van der Waals surface area contributed by atoms with Crippen LogP contribution < -0.4 is 10.6 Å². The zero-order chi connectivity index (χ0) is 26.1. The van der Waals surface area contributed by atoms with Gasteiger partial charge in [0.1, 0.15) is 15.7 Å². The Kier molecular flexibility index (Phi) is 8.56. The van der Waals surface area contributed by atoms with Crippen molar-refractivity contribution in [1.82, 2.24) is 9.62 Å². The Morgan fingerprint density at radius 2 is 1.91 bits per heavy atom. The minimum atomic E-state index is -3.80. The second-order valence-corrected chi connectivity index (χ2v) is 13.7. The highest BCUT2D eigenvalue weighted by Crippen LogP contribution is 2.49. The Morgan fingerprint density at radius 1 is 1.26 bits per heavy atom. The van der Waals surface area contributed by atoms with Gasteiger partial charge in [-0.15, -0.1) is 15.7 Å². The van der Waals surface area contributed by atoms with E-state index in [0.29, 0.717) is 11.4 Å². The zero-order valence-electron chi connectivity index (χ0n) is 21.6. The van der Waals surface area contributed by atoms with E-state index in [1.165, 1.54) is 11.3 Å². The fourth-order valence-corrected chi connectivity index (χ4v) is 8.46. The van der Waals surface area contributed by atoms with Crippen LogP contribution in [-0.2, 0) is 10.0 Å². The van der Waals surface area contributed by atoms with E-state index in [0.717, 1.165) is 44.7 Å². The molecule has 1 aliphatic rings. The number of rotatable bonds is 9. The fourth-order valence-electron chi connectivity index (χ4n) is 3.88. The van der Waals surface area contributed by atoms with Crippen LogP contribution >= 0.6 is 22.0 Å². The molecule has 0 amide bonds. The van der Waals surface area contributed by atoms with Gasteiger partial charge in [-0.3, -0.25) is 4.31 Å². The molecule has 35 heavy (non-hydrogen) atoms. The highest BCUT2D eigenvalue weighted by atomic mass is 32.2. The van der Waals surface area contributed by atoms with Gasteiger partial charge in [-0.1, -0.05) is 38.4 Å². The summed E-state index contributed by atoms with van der Waals surface area (Å²) in [5.74, 6) is 1.96. The molecule has 0 aromatic carbocycles. The highest BCUT2D eigenvalue weighted by Gasteiger charge is 2.30. The van der Waals surface area contributed by atoms with Crippen LogP contribution in [0.2, 0.25) is 0 Å². The summed E-state index contributed by atoms with van der Waals surface area (Å²) in [6.45, 7) is 17.8. The second-order valence-electron chi connectivity index (χ2n) is 8.70. The van der Waals surface area contributed by atoms with Gasteiger partial charge >= 0.3 is 0 Å². The molecule has 1 unspecified atom stereocenters. The van der Waals surface area contributed by atoms with Gasteiger partial charge in [0.05, 0.1) is 22.8 Å². The summed E-state index contributed by atoms with van der Waals surface area (Å²) in [7, 11) is -4.17. The molecule has 0 spiro atoms. The van der Waals surface area contributed by atoms with Gasteiger partial charge in [-0.2, -0.15) is 8.42 Å². The third-order valence-corrected chi connectivity index (χ3v) is 10.6. The Morgan fingerprint density at radius 3 is 2.43 bits per heavy atom. The van der Waals surface area contributed by atoms with E-state index >= 15 is 0 Å². The van der Waals surface area contributed by atoms with E-state index < -0.39 is 10.0 Å². The number of nitrogens with zero attached hydrogens (tertiary/aromatic N) is 2. The number of nitrogens with one attached hydrogen (secondary N) is 2. The van der Waals surface area contributed by atoms with Crippen molar-refractivity contribution in [3.05, 3.63) is 39.1 Å². The fraction of sp³-hybridized carbons (Fsp3) is 0.500. The lowest BCUT2D eigenvalue weighted by molar-refractivity contribution is 0.357. The molecule has 2 aromatic heterocycles. The lowest BCUT2D eigenvalue weighted by Crippen LogP contribution is -2.30. The van der Waals surface area contributed by atoms with E-state index in [4.69, 9.17) is 4.42 Å². The average Bonchev–Trinajstić information content (AvgIpc) is 3.37. The van der Waals surface area contributed by atoms with Crippen LogP contribution in [0.4, 0.5) is 5.69 Å². The maximum absolute atomic E-state index is 12.4. The van der Waals surface area contributed by atoms with Crippen molar-refractivity contribution in [2.24, 2.45) is 10.3 Å². The predicted molar refractivity (Wildman–Crippen MR) is 148 cm³/mol. The van der Waals surface area contributed by atoms with Crippen molar-refractivity contribution in [2.45, 2.75) is 65.6 Å². The number of aryl methyl sites for hydroxylation is 3. The van der Waals surface area contributed by atoms with Crippen molar-refractivity contribution in [3.8, 4) is 5.75 Å². The molecular formula is C24H36N4O4S3. The number of furan rings is 1. The van der Waals surface area contributed by atoms with E-state index in [-0.39, 0.29) is 34.2 Å². The van der Waals surface area contributed by atoms with E-state index in [9.17, 15) is 13.5 Å². The number of thiophene rings is 1. The van der Waals surface area contributed by atoms with Gasteiger partial charge in [0, 0.05) is 18.0 Å². The lowest BCUT2D eigenvalue weighted by Gasteiger charge is -2.23. The van der Waals surface area contributed by atoms with E-state index in [1.807, 2.05) is 47.6 Å².